The molecule has 6 nitrogen and oxygen atoms in total. The molecule has 0 aliphatic heterocycles. The smallest absolute Gasteiger partial charge is 0.338 e. The molecule has 0 aliphatic rings. The van der Waals surface area contributed by atoms with E-state index in [1.54, 1.807) is 49.4 Å². The van der Waals surface area contributed by atoms with E-state index < -0.39 is 5.97 Å². The van der Waals surface area contributed by atoms with Crippen LogP contribution in [0.5, 0.6) is 0 Å². The van der Waals surface area contributed by atoms with Crippen LogP contribution in [-0.2, 0) is 14.3 Å². The van der Waals surface area contributed by atoms with Gasteiger partial charge in [0, 0.05) is 23.3 Å². The van der Waals surface area contributed by atoms with E-state index in [4.69, 9.17) is 16.3 Å². The van der Waals surface area contributed by atoms with Crippen molar-refractivity contribution in [3.05, 3.63) is 58.6 Å². The van der Waals surface area contributed by atoms with Crippen molar-refractivity contribution in [2.45, 2.75) is 20.8 Å². The molecule has 0 bridgehead atoms. The fraction of sp³-hybridized carbons (Fsp3) is 0.250. The third-order valence-corrected chi connectivity index (χ3v) is 4.05. The maximum atomic E-state index is 12.4. The maximum absolute atomic E-state index is 12.4. The molecule has 0 radical (unpaired) electrons. The molecule has 7 heteroatoms. The second-order valence-corrected chi connectivity index (χ2v) is 6.32. The number of esters is 1. The normalized spacial score (nSPS) is 10.2. The van der Waals surface area contributed by atoms with Crippen LogP contribution in [0.1, 0.15) is 29.8 Å². The highest BCUT2D eigenvalue weighted by Crippen LogP contribution is 2.24. The average Bonchev–Trinajstić information content (AvgIpc) is 2.61. The zero-order valence-electron chi connectivity index (χ0n) is 15.4. The Bertz CT molecular complexity index is 850. The second kappa shape index (κ2) is 9.19. The minimum absolute atomic E-state index is 0.141. The first-order chi connectivity index (χ1) is 12.8. The Balaban J connectivity index is 2.08. The van der Waals surface area contributed by atoms with Gasteiger partial charge in [-0.3, -0.25) is 9.59 Å². The molecule has 0 heterocycles. The molecule has 0 unspecified atom stereocenters. The van der Waals surface area contributed by atoms with E-state index in [9.17, 15) is 14.4 Å². The second-order valence-electron chi connectivity index (χ2n) is 5.88. The molecule has 2 aromatic rings. The summed E-state index contributed by atoms with van der Waals surface area (Å²) < 4.78 is 4.92. The molecule has 0 fully saturated rings. The Morgan fingerprint density at radius 3 is 2.33 bits per heavy atom. The lowest BCUT2D eigenvalue weighted by Crippen LogP contribution is -2.37. The number of halogens is 1. The number of nitrogens with one attached hydrogen (secondary N) is 1. The number of anilines is 2. The minimum atomic E-state index is -0.420. The van der Waals surface area contributed by atoms with Crippen LogP contribution in [0.3, 0.4) is 0 Å². The zero-order valence-corrected chi connectivity index (χ0v) is 16.2. The maximum Gasteiger partial charge on any atom is 0.338 e. The third kappa shape index (κ3) is 5.56. The molecule has 0 spiro atoms. The number of benzene rings is 2. The molecule has 0 saturated heterocycles. The summed E-state index contributed by atoms with van der Waals surface area (Å²) in [6.45, 7) is 5.11. The van der Waals surface area contributed by atoms with Crippen molar-refractivity contribution in [1.29, 1.82) is 0 Å². The molecular formula is C20H21ClN2O4. The number of carbonyl (C=O) groups excluding carboxylic acids is 3. The van der Waals surface area contributed by atoms with Gasteiger partial charge in [-0.1, -0.05) is 11.6 Å². The zero-order chi connectivity index (χ0) is 20.0. The number of nitrogens with zero attached hydrogens (tertiary/aromatic N) is 1. The van der Waals surface area contributed by atoms with Gasteiger partial charge in [0.25, 0.3) is 0 Å². The monoisotopic (exact) mass is 388 g/mol. The van der Waals surface area contributed by atoms with Crippen molar-refractivity contribution in [3.8, 4) is 0 Å². The summed E-state index contributed by atoms with van der Waals surface area (Å²) in [7, 11) is 0. The van der Waals surface area contributed by atoms with Crippen LogP contribution in [0.15, 0.2) is 42.5 Å². The van der Waals surface area contributed by atoms with Crippen molar-refractivity contribution in [2.24, 2.45) is 0 Å². The Kier molecular flexibility index (Phi) is 6.96. The van der Waals surface area contributed by atoms with Crippen molar-refractivity contribution >= 4 is 40.8 Å². The van der Waals surface area contributed by atoms with E-state index in [0.717, 1.165) is 5.56 Å². The summed E-state index contributed by atoms with van der Waals surface area (Å²) >= 11 is 5.95. The Hall–Kier alpha value is -2.86. The SMILES string of the molecule is CCOC(=O)c1ccc(NC(=O)CN(C(C)=O)c2ccc(Cl)cc2C)cc1. The average molecular weight is 389 g/mol. The van der Waals surface area contributed by atoms with Gasteiger partial charge in [-0.2, -0.15) is 0 Å². The number of rotatable bonds is 6. The molecule has 0 saturated carbocycles. The van der Waals surface area contributed by atoms with Gasteiger partial charge in [0.1, 0.15) is 6.54 Å². The molecule has 0 aliphatic carbocycles. The van der Waals surface area contributed by atoms with E-state index >= 15 is 0 Å². The van der Waals surface area contributed by atoms with E-state index in [1.165, 1.54) is 11.8 Å². The predicted octanol–water partition coefficient (Wildman–Crippen LogP) is 3.82. The largest absolute Gasteiger partial charge is 0.462 e. The summed E-state index contributed by atoms with van der Waals surface area (Å²) in [6, 6.07) is 11.5. The minimum Gasteiger partial charge on any atom is -0.462 e. The first-order valence-corrected chi connectivity index (χ1v) is 8.81. The standard InChI is InChI=1S/C20H21ClN2O4/c1-4-27-20(26)15-5-8-17(9-6-15)22-19(25)12-23(14(3)24)18-10-7-16(21)11-13(18)2/h5-11H,4,12H2,1-3H3,(H,22,25). The lowest BCUT2D eigenvalue weighted by Gasteiger charge is -2.22. The van der Waals surface area contributed by atoms with Gasteiger partial charge in [0.15, 0.2) is 0 Å². The van der Waals surface area contributed by atoms with Crippen molar-refractivity contribution in [3.63, 3.8) is 0 Å². The fourth-order valence-electron chi connectivity index (χ4n) is 2.54. The van der Waals surface area contributed by atoms with Crippen LogP contribution in [0, 0.1) is 6.92 Å². The predicted molar refractivity (Wildman–Crippen MR) is 105 cm³/mol. The number of ether oxygens (including phenoxy) is 1. The number of aryl methyl sites for hydroxylation is 1. The van der Waals surface area contributed by atoms with E-state index in [1.807, 2.05) is 6.92 Å². The van der Waals surface area contributed by atoms with Crippen LogP contribution in [0.2, 0.25) is 5.02 Å². The van der Waals surface area contributed by atoms with E-state index in [2.05, 4.69) is 5.32 Å². The fourth-order valence-corrected chi connectivity index (χ4v) is 2.76. The summed E-state index contributed by atoms with van der Waals surface area (Å²) in [6.07, 6.45) is 0. The summed E-state index contributed by atoms with van der Waals surface area (Å²) in [5.74, 6) is -1.03. The molecule has 2 amide bonds. The Morgan fingerprint density at radius 1 is 1.11 bits per heavy atom. The van der Waals surface area contributed by atoms with Crippen molar-refractivity contribution < 1.29 is 19.1 Å². The summed E-state index contributed by atoms with van der Waals surface area (Å²) in [5.41, 5.74) is 2.34. The molecule has 142 valence electrons. The van der Waals surface area contributed by atoms with Crippen LogP contribution in [0.4, 0.5) is 11.4 Å². The first-order valence-electron chi connectivity index (χ1n) is 8.43. The van der Waals surface area contributed by atoms with Crippen LogP contribution in [-0.4, -0.2) is 30.9 Å². The summed E-state index contributed by atoms with van der Waals surface area (Å²) in [5, 5.41) is 3.28. The van der Waals surface area contributed by atoms with E-state index in [0.29, 0.717) is 28.6 Å². The highest BCUT2D eigenvalue weighted by atomic mass is 35.5. The van der Waals surface area contributed by atoms with Gasteiger partial charge in [-0.15, -0.1) is 0 Å². The number of hydrogen-bond acceptors (Lipinski definition) is 4. The van der Waals surface area contributed by atoms with E-state index in [-0.39, 0.29) is 18.4 Å². The molecular weight excluding hydrogens is 368 g/mol. The number of carbonyl (C=O) groups is 3. The molecule has 27 heavy (non-hydrogen) atoms. The lowest BCUT2D eigenvalue weighted by molar-refractivity contribution is -0.120. The van der Waals surface area contributed by atoms with Gasteiger partial charge in [0.2, 0.25) is 11.8 Å². The van der Waals surface area contributed by atoms with Gasteiger partial charge in [-0.05, 0) is 61.9 Å². The first kappa shape index (κ1) is 20.5. The van der Waals surface area contributed by atoms with Crippen LogP contribution in [0.25, 0.3) is 0 Å². The molecule has 0 atom stereocenters. The Morgan fingerprint density at radius 2 is 1.78 bits per heavy atom. The van der Waals surface area contributed by atoms with Gasteiger partial charge in [0.05, 0.1) is 12.2 Å². The highest BCUT2D eigenvalue weighted by molar-refractivity contribution is 6.30. The van der Waals surface area contributed by atoms with Gasteiger partial charge < -0.3 is 15.0 Å². The van der Waals surface area contributed by atoms with Gasteiger partial charge >= 0.3 is 5.97 Å². The molecule has 2 aromatic carbocycles. The van der Waals surface area contributed by atoms with Crippen molar-refractivity contribution in [1.82, 2.24) is 0 Å². The van der Waals surface area contributed by atoms with Gasteiger partial charge in [-0.25, -0.2) is 4.79 Å². The summed E-state index contributed by atoms with van der Waals surface area (Å²) in [4.78, 5) is 37.4. The number of hydrogen-bond donors (Lipinski definition) is 1. The third-order valence-electron chi connectivity index (χ3n) is 3.81. The van der Waals surface area contributed by atoms with Crippen molar-refractivity contribution in [2.75, 3.05) is 23.4 Å². The highest BCUT2D eigenvalue weighted by Gasteiger charge is 2.18. The van der Waals surface area contributed by atoms with Crippen LogP contribution < -0.4 is 10.2 Å². The van der Waals surface area contributed by atoms with Crippen LogP contribution >= 0.6 is 11.6 Å². The molecule has 2 rings (SSSR count). The number of amides is 2. The Labute approximate surface area is 163 Å². The quantitative estimate of drug-likeness (QED) is 0.763. The molecule has 1 N–H and O–H groups in total. The topological polar surface area (TPSA) is 75.7 Å². The molecule has 0 aromatic heterocycles. The lowest BCUT2D eigenvalue weighted by atomic mass is 10.1.